The van der Waals surface area contributed by atoms with Gasteiger partial charge < -0.3 is 4.42 Å². The fourth-order valence-corrected chi connectivity index (χ4v) is 2.07. The van der Waals surface area contributed by atoms with E-state index in [0.717, 1.165) is 22.1 Å². The largest absolute Gasteiger partial charge is 0.464 e. The van der Waals surface area contributed by atoms with E-state index >= 15 is 0 Å². The van der Waals surface area contributed by atoms with E-state index in [4.69, 9.17) is 4.42 Å². The number of Topliss-reactive ketones (excluding diaryl/α,β-unsaturated/α-hetero) is 1. The zero-order chi connectivity index (χ0) is 12.4. The number of ketones is 1. The van der Waals surface area contributed by atoms with Crippen LogP contribution in [0.4, 0.5) is 0 Å². The first-order valence-corrected chi connectivity index (χ1v) is 5.88. The topological polar surface area (TPSA) is 30.2 Å². The fraction of sp³-hybridized carbons (Fsp3) is 0.0625. The van der Waals surface area contributed by atoms with Gasteiger partial charge in [0.2, 0.25) is 0 Å². The molecule has 0 amide bonds. The highest BCUT2D eigenvalue weighted by molar-refractivity contribution is 5.99. The number of fused-ring (bicyclic) bond motifs is 1. The van der Waals surface area contributed by atoms with Crippen LogP contribution in [-0.4, -0.2) is 5.78 Å². The second-order valence-electron chi connectivity index (χ2n) is 4.22. The summed E-state index contributed by atoms with van der Waals surface area (Å²) in [5, 5.41) is 1.02. The van der Waals surface area contributed by atoms with Crippen LogP contribution in [0.1, 0.15) is 15.9 Å². The lowest BCUT2D eigenvalue weighted by Crippen LogP contribution is -2.02. The average molecular weight is 236 g/mol. The standard InChI is InChI=1S/C16H12O2/c17-15(12-6-2-1-3-7-12)10-13-11-18-16-9-5-4-8-14(13)16/h1-9,11H,10H2. The summed E-state index contributed by atoms with van der Waals surface area (Å²) in [6, 6.07) is 17.1. The predicted octanol–water partition coefficient (Wildman–Crippen LogP) is 3.86. The van der Waals surface area contributed by atoms with Crippen molar-refractivity contribution < 1.29 is 9.21 Å². The van der Waals surface area contributed by atoms with Crippen LogP contribution in [-0.2, 0) is 6.42 Å². The fourth-order valence-electron chi connectivity index (χ4n) is 2.07. The van der Waals surface area contributed by atoms with Crippen LogP contribution in [0, 0.1) is 0 Å². The maximum Gasteiger partial charge on any atom is 0.167 e. The van der Waals surface area contributed by atoms with Gasteiger partial charge in [0.25, 0.3) is 0 Å². The summed E-state index contributed by atoms with van der Waals surface area (Å²) >= 11 is 0. The Morgan fingerprint density at radius 1 is 0.944 bits per heavy atom. The molecule has 0 aliphatic rings. The average Bonchev–Trinajstić information content (AvgIpc) is 2.83. The lowest BCUT2D eigenvalue weighted by Gasteiger charge is -1.99. The molecular weight excluding hydrogens is 224 g/mol. The van der Waals surface area contributed by atoms with Gasteiger partial charge in [-0.2, -0.15) is 0 Å². The summed E-state index contributed by atoms with van der Waals surface area (Å²) in [6.07, 6.45) is 2.05. The first-order valence-electron chi connectivity index (χ1n) is 5.88. The van der Waals surface area contributed by atoms with Crippen molar-refractivity contribution in [3.8, 4) is 0 Å². The van der Waals surface area contributed by atoms with Crippen molar-refractivity contribution in [2.75, 3.05) is 0 Å². The van der Waals surface area contributed by atoms with Crippen molar-refractivity contribution in [3.63, 3.8) is 0 Å². The molecule has 0 aliphatic carbocycles. The Bertz CT molecular complexity index is 680. The van der Waals surface area contributed by atoms with Crippen LogP contribution >= 0.6 is 0 Å². The molecule has 2 nitrogen and oxygen atoms in total. The SMILES string of the molecule is O=C(Cc1coc2ccccc12)c1ccccc1. The Labute approximate surface area is 105 Å². The van der Waals surface area contributed by atoms with Gasteiger partial charge in [0.1, 0.15) is 5.58 Å². The van der Waals surface area contributed by atoms with E-state index in [1.54, 1.807) is 6.26 Å². The molecule has 2 aromatic carbocycles. The van der Waals surface area contributed by atoms with Gasteiger partial charge in [-0.3, -0.25) is 4.79 Å². The second-order valence-corrected chi connectivity index (χ2v) is 4.22. The molecule has 2 heteroatoms. The monoisotopic (exact) mass is 236 g/mol. The third kappa shape index (κ3) is 1.93. The van der Waals surface area contributed by atoms with Crippen LogP contribution in [0.5, 0.6) is 0 Å². The molecular formula is C16H12O2. The maximum atomic E-state index is 12.1. The Balaban J connectivity index is 1.91. The minimum Gasteiger partial charge on any atom is -0.464 e. The van der Waals surface area contributed by atoms with Gasteiger partial charge >= 0.3 is 0 Å². The Morgan fingerprint density at radius 3 is 2.50 bits per heavy atom. The third-order valence-corrected chi connectivity index (χ3v) is 3.01. The highest BCUT2D eigenvalue weighted by Gasteiger charge is 2.11. The molecule has 0 aliphatic heterocycles. The van der Waals surface area contributed by atoms with Crippen molar-refractivity contribution in [2.45, 2.75) is 6.42 Å². The molecule has 0 unspecified atom stereocenters. The molecule has 0 atom stereocenters. The van der Waals surface area contributed by atoms with Crippen LogP contribution < -0.4 is 0 Å². The van der Waals surface area contributed by atoms with E-state index in [9.17, 15) is 4.79 Å². The van der Waals surface area contributed by atoms with Crippen molar-refractivity contribution in [1.29, 1.82) is 0 Å². The number of furan rings is 1. The number of hydrogen-bond donors (Lipinski definition) is 0. The molecule has 0 fully saturated rings. The Kier molecular flexibility index (Phi) is 2.69. The Morgan fingerprint density at radius 2 is 1.67 bits per heavy atom. The van der Waals surface area contributed by atoms with Gasteiger partial charge in [-0.15, -0.1) is 0 Å². The van der Waals surface area contributed by atoms with E-state index in [1.165, 1.54) is 0 Å². The third-order valence-electron chi connectivity index (χ3n) is 3.01. The van der Waals surface area contributed by atoms with Gasteiger partial charge in [0, 0.05) is 22.9 Å². The number of hydrogen-bond acceptors (Lipinski definition) is 2. The molecule has 3 aromatic rings. The number of carbonyl (C=O) groups excluding carboxylic acids is 1. The van der Waals surface area contributed by atoms with Gasteiger partial charge in [-0.1, -0.05) is 48.5 Å². The highest BCUT2D eigenvalue weighted by atomic mass is 16.3. The number of benzene rings is 2. The highest BCUT2D eigenvalue weighted by Crippen LogP contribution is 2.22. The lowest BCUT2D eigenvalue weighted by atomic mass is 10.0. The molecule has 0 saturated heterocycles. The lowest BCUT2D eigenvalue weighted by molar-refractivity contribution is 0.0993. The van der Waals surface area contributed by atoms with Crippen molar-refractivity contribution in [1.82, 2.24) is 0 Å². The predicted molar refractivity (Wildman–Crippen MR) is 70.7 cm³/mol. The maximum absolute atomic E-state index is 12.1. The molecule has 1 aromatic heterocycles. The summed E-state index contributed by atoms with van der Waals surface area (Å²) in [5.74, 6) is 0.113. The smallest absolute Gasteiger partial charge is 0.167 e. The molecule has 88 valence electrons. The van der Waals surface area contributed by atoms with Gasteiger partial charge in [0.05, 0.1) is 6.26 Å². The van der Waals surface area contributed by atoms with Gasteiger partial charge in [-0.05, 0) is 6.07 Å². The molecule has 0 saturated carbocycles. The summed E-state index contributed by atoms with van der Waals surface area (Å²) in [7, 11) is 0. The van der Waals surface area contributed by atoms with Crippen LogP contribution in [0.3, 0.4) is 0 Å². The number of para-hydroxylation sites is 1. The zero-order valence-corrected chi connectivity index (χ0v) is 9.80. The minimum atomic E-state index is 0.113. The summed E-state index contributed by atoms with van der Waals surface area (Å²) in [5.41, 5.74) is 2.51. The summed E-state index contributed by atoms with van der Waals surface area (Å²) in [6.45, 7) is 0. The Hall–Kier alpha value is -2.35. The molecule has 18 heavy (non-hydrogen) atoms. The summed E-state index contributed by atoms with van der Waals surface area (Å²) in [4.78, 5) is 12.1. The quantitative estimate of drug-likeness (QED) is 0.646. The first-order chi connectivity index (χ1) is 8.84. The second kappa shape index (κ2) is 4.49. The molecule has 3 rings (SSSR count). The molecule has 1 heterocycles. The van der Waals surface area contributed by atoms with Gasteiger partial charge in [-0.25, -0.2) is 0 Å². The minimum absolute atomic E-state index is 0.113. The zero-order valence-electron chi connectivity index (χ0n) is 9.80. The van der Waals surface area contributed by atoms with Crippen LogP contribution in [0.15, 0.2) is 65.3 Å². The number of rotatable bonds is 3. The number of carbonyl (C=O) groups is 1. The van der Waals surface area contributed by atoms with Crippen molar-refractivity contribution in [3.05, 3.63) is 72.0 Å². The first kappa shape index (κ1) is 10.8. The van der Waals surface area contributed by atoms with Crippen LogP contribution in [0.25, 0.3) is 11.0 Å². The molecule has 0 spiro atoms. The van der Waals surface area contributed by atoms with Gasteiger partial charge in [0.15, 0.2) is 5.78 Å². The summed E-state index contributed by atoms with van der Waals surface area (Å²) < 4.78 is 5.43. The van der Waals surface area contributed by atoms with E-state index in [-0.39, 0.29) is 5.78 Å². The van der Waals surface area contributed by atoms with Crippen molar-refractivity contribution >= 4 is 16.8 Å². The van der Waals surface area contributed by atoms with E-state index in [2.05, 4.69) is 0 Å². The molecule has 0 radical (unpaired) electrons. The van der Waals surface area contributed by atoms with Crippen molar-refractivity contribution in [2.24, 2.45) is 0 Å². The van der Waals surface area contributed by atoms with E-state index in [0.29, 0.717) is 6.42 Å². The van der Waals surface area contributed by atoms with E-state index < -0.39 is 0 Å². The normalized spacial score (nSPS) is 10.7. The molecule has 0 N–H and O–H groups in total. The molecule has 0 bridgehead atoms. The van der Waals surface area contributed by atoms with E-state index in [1.807, 2.05) is 54.6 Å². The van der Waals surface area contributed by atoms with Crippen LogP contribution in [0.2, 0.25) is 0 Å².